The van der Waals surface area contributed by atoms with Crippen LogP contribution in [0.5, 0.6) is 0 Å². The number of esters is 1. The maximum atomic E-state index is 11.7. The van der Waals surface area contributed by atoms with Crippen LogP contribution in [-0.2, 0) is 4.74 Å². The van der Waals surface area contributed by atoms with E-state index >= 15 is 0 Å². The fourth-order valence-corrected chi connectivity index (χ4v) is 2.24. The minimum Gasteiger partial charge on any atom is -0.462 e. The Hall–Kier alpha value is -2.08. The van der Waals surface area contributed by atoms with Gasteiger partial charge in [0.25, 0.3) is 0 Å². The van der Waals surface area contributed by atoms with Crippen molar-refractivity contribution in [3.05, 3.63) is 42.4 Å². The van der Waals surface area contributed by atoms with Gasteiger partial charge in [0.1, 0.15) is 5.03 Å². The third-order valence-corrected chi connectivity index (χ3v) is 3.27. The van der Waals surface area contributed by atoms with Crippen LogP contribution in [-0.4, -0.2) is 22.5 Å². The monoisotopic (exact) mass is 275 g/mol. The maximum absolute atomic E-state index is 11.7. The van der Waals surface area contributed by atoms with Crippen molar-refractivity contribution in [3.8, 4) is 0 Å². The van der Waals surface area contributed by atoms with Crippen LogP contribution in [0.3, 0.4) is 0 Å². The van der Waals surface area contributed by atoms with Crippen molar-refractivity contribution in [2.24, 2.45) is 0 Å². The molecule has 0 atom stereocenters. The van der Waals surface area contributed by atoms with Gasteiger partial charge in [0.2, 0.25) is 0 Å². The van der Waals surface area contributed by atoms with E-state index in [-0.39, 0.29) is 5.97 Å². The fraction of sp³-hybridized carbons (Fsp3) is 0.154. The third-order valence-electron chi connectivity index (χ3n) is 2.28. The fourth-order valence-electron chi connectivity index (χ4n) is 1.41. The van der Waals surface area contributed by atoms with Gasteiger partial charge in [-0.15, -0.1) is 0 Å². The van der Waals surface area contributed by atoms with Crippen LogP contribution in [0, 0.1) is 0 Å². The molecule has 5 nitrogen and oxygen atoms in total. The lowest BCUT2D eigenvalue weighted by molar-refractivity contribution is 0.0526. The molecule has 1 heterocycles. The molecule has 0 saturated heterocycles. The van der Waals surface area contributed by atoms with Gasteiger partial charge in [0.15, 0.2) is 0 Å². The Kier molecular flexibility index (Phi) is 4.35. The van der Waals surface area contributed by atoms with E-state index in [4.69, 9.17) is 10.5 Å². The van der Waals surface area contributed by atoms with Crippen LogP contribution < -0.4 is 5.73 Å². The second-order valence-electron chi connectivity index (χ2n) is 3.62. The van der Waals surface area contributed by atoms with Crippen LogP contribution in [0.2, 0.25) is 0 Å². The molecule has 0 radical (unpaired) electrons. The minimum atomic E-state index is -0.358. The average molecular weight is 275 g/mol. The molecule has 0 aliphatic rings. The lowest BCUT2D eigenvalue weighted by Crippen LogP contribution is -2.05. The number of hydrogen-bond acceptors (Lipinski definition) is 6. The smallest absolute Gasteiger partial charge is 0.338 e. The molecule has 0 bridgehead atoms. The third kappa shape index (κ3) is 3.45. The quantitative estimate of drug-likeness (QED) is 0.682. The van der Waals surface area contributed by atoms with Gasteiger partial charge in [-0.25, -0.2) is 9.78 Å². The van der Waals surface area contributed by atoms with Crippen molar-refractivity contribution in [1.29, 1.82) is 0 Å². The van der Waals surface area contributed by atoms with Crippen molar-refractivity contribution in [1.82, 2.24) is 9.97 Å². The molecule has 0 spiro atoms. The van der Waals surface area contributed by atoms with E-state index in [0.29, 0.717) is 17.9 Å². The molecule has 0 saturated carbocycles. The zero-order chi connectivity index (χ0) is 13.7. The Morgan fingerprint density at radius 2 is 2.26 bits per heavy atom. The highest BCUT2D eigenvalue weighted by Crippen LogP contribution is 2.31. The molecular formula is C13H13N3O2S. The number of carbonyl (C=O) groups excluding carboxylic acids is 1. The van der Waals surface area contributed by atoms with Gasteiger partial charge < -0.3 is 10.5 Å². The molecule has 2 rings (SSSR count). The first-order valence-corrected chi connectivity index (χ1v) is 6.53. The minimum absolute atomic E-state index is 0.343. The summed E-state index contributed by atoms with van der Waals surface area (Å²) in [6.45, 7) is 2.11. The van der Waals surface area contributed by atoms with Crippen molar-refractivity contribution < 1.29 is 9.53 Å². The first-order chi connectivity index (χ1) is 9.20. The summed E-state index contributed by atoms with van der Waals surface area (Å²) in [5.74, 6) is -0.358. The average Bonchev–Trinajstić information content (AvgIpc) is 2.42. The summed E-state index contributed by atoms with van der Waals surface area (Å²) in [6, 6.07) is 5.03. The molecular weight excluding hydrogens is 262 g/mol. The summed E-state index contributed by atoms with van der Waals surface area (Å²) in [5.41, 5.74) is 6.95. The molecule has 0 aliphatic carbocycles. The number of aromatic nitrogens is 2. The standard InChI is InChI=1S/C13H13N3O2S/c1-2-18-13(17)9-3-4-10(14)11(7-9)19-12-8-15-5-6-16-12/h3-8H,2,14H2,1H3. The van der Waals surface area contributed by atoms with Crippen LogP contribution in [0.15, 0.2) is 46.7 Å². The Morgan fingerprint density at radius 3 is 2.95 bits per heavy atom. The number of nitrogens with two attached hydrogens (primary N) is 1. The zero-order valence-electron chi connectivity index (χ0n) is 10.4. The van der Waals surface area contributed by atoms with Gasteiger partial charge in [-0.1, -0.05) is 11.8 Å². The maximum Gasteiger partial charge on any atom is 0.338 e. The van der Waals surface area contributed by atoms with Gasteiger partial charge in [-0.2, -0.15) is 0 Å². The summed E-state index contributed by atoms with van der Waals surface area (Å²) in [7, 11) is 0. The molecule has 0 aliphatic heterocycles. The molecule has 2 N–H and O–H groups in total. The highest BCUT2D eigenvalue weighted by molar-refractivity contribution is 7.99. The second-order valence-corrected chi connectivity index (χ2v) is 4.68. The summed E-state index contributed by atoms with van der Waals surface area (Å²) < 4.78 is 4.96. The summed E-state index contributed by atoms with van der Waals surface area (Å²) in [5, 5.41) is 0.718. The summed E-state index contributed by atoms with van der Waals surface area (Å²) in [4.78, 5) is 20.6. The molecule has 0 amide bonds. The van der Waals surface area contributed by atoms with Crippen molar-refractivity contribution in [3.63, 3.8) is 0 Å². The van der Waals surface area contributed by atoms with Gasteiger partial charge >= 0.3 is 5.97 Å². The molecule has 1 aromatic heterocycles. The highest BCUT2D eigenvalue weighted by Gasteiger charge is 2.10. The predicted octanol–water partition coefficient (Wildman–Crippen LogP) is 2.39. The van der Waals surface area contributed by atoms with Gasteiger partial charge in [-0.3, -0.25) is 4.98 Å². The van der Waals surface area contributed by atoms with Gasteiger partial charge in [0, 0.05) is 23.0 Å². The first-order valence-electron chi connectivity index (χ1n) is 5.71. The lowest BCUT2D eigenvalue weighted by atomic mass is 10.2. The van der Waals surface area contributed by atoms with Crippen molar-refractivity contribution >= 4 is 23.4 Å². The van der Waals surface area contributed by atoms with Crippen LogP contribution >= 0.6 is 11.8 Å². The Bertz CT molecular complexity index is 575. The summed E-state index contributed by atoms with van der Waals surface area (Å²) in [6.07, 6.45) is 4.84. The topological polar surface area (TPSA) is 78.1 Å². The molecule has 98 valence electrons. The van der Waals surface area contributed by atoms with Crippen LogP contribution in [0.25, 0.3) is 0 Å². The van der Waals surface area contributed by atoms with E-state index < -0.39 is 0 Å². The van der Waals surface area contributed by atoms with E-state index in [9.17, 15) is 4.79 Å². The van der Waals surface area contributed by atoms with E-state index in [1.807, 2.05) is 0 Å². The van der Waals surface area contributed by atoms with E-state index in [2.05, 4.69) is 9.97 Å². The van der Waals surface area contributed by atoms with E-state index in [0.717, 1.165) is 9.92 Å². The molecule has 1 aromatic carbocycles. The predicted molar refractivity (Wildman–Crippen MR) is 73.0 cm³/mol. The number of hydrogen-bond donors (Lipinski definition) is 1. The largest absolute Gasteiger partial charge is 0.462 e. The second kappa shape index (κ2) is 6.19. The molecule has 0 fully saturated rings. The number of nitrogens with zero attached hydrogens (tertiary/aromatic N) is 2. The number of rotatable bonds is 4. The van der Waals surface area contributed by atoms with Crippen LogP contribution in [0.1, 0.15) is 17.3 Å². The number of anilines is 1. The highest BCUT2D eigenvalue weighted by atomic mass is 32.2. The van der Waals surface area contributed by atoms with E-state index in [1.54, 1.807) is 43.7 Å². The lowest BCUT2D eigenvalue weighted by Gasteiger charge is -2.07. The Morgan fingerprint density at radius 1 is 1.42 bits per heavy atom. The zero-order valence-corrected chi connectivity index (χ0v) is 11.2. The Labute approximate surface area is 115 Å². The number of benzene rings is 1. The van der Waals surface area contributed by atoms with Crippen LogP contribution in [0.4, 0.5) is 5.69 Å². The normalized spacial score (nSPS) is 10.2. The van der Waals surface area contributed by atoms with Crippen molar-refractivity contribution in [2.45, 2.75) is 16.8 Å². The first kappa shape index (κ1) is 13.4. The van der Waals surface area contributed by atoms with Gasteiger partial charge in [0.05, 0.1) is 18.4 Å². The molecule has 2 aromatic rings. The molecule has 19 heavy (non-hydrogen) atoms. The van der Waals surface area contributed by atoms with Gasteiger partial charge in [-0.05, 0) is 25.1 Å². The van der Waals surface area contributed by atoms with Crippen molar-refractivity contribution in [2.75, 3.05) is 12.3 Å². The number of carbonyl (C=O) groups is 1. The molecule has 0 unspecified atom stereocenters. The number of ether oxygens (including phenoxy) is 1. The van der Waals surface area contributed by atoms with E-state index in [1.165, 1.54) is 11.8 Å². The number of nitrogen functional groups attached to an aromatic ring is 1. The summed E-state index contributed by atoms with van der Waals surface area (Å²) >= 11 is 1.36. The SMILES string of the molecule is CCOC(=O)c1ccc(N)c(Sc2cnccn2)c1. The molecule has 6 heteroatoms. The Balaban J connectivity index is 2.25.